The fourth-order valence-electron chi connectivity index (χ4n) is 1.92. The molecule has 0 unspecified atom stereocenters. The second-order valence-electron chi connectivity index (χ2n) is 4.85. The van der Waals surface area contributed by atoms with Crippen LogP contribution in [0.2, 0.25) is 0 Å². The van der Waals surface area contributed by atoms with Crippen molar-refractivity contribution in [3.63, 3.8) is 0 Å². The highest BCUT2D eigenvalue weighted by Crippen LogP contribution is 2.32. The summed E-state index contributed by atoms with van der Waals surface area (Å²) in [6.45, 7) is -0.223. The molecule has 2 aromatic carbocycles. The number of anilines is 2. The van der Waals surface area contributed by atoms with Crippen LogP contribution in [-0.2, 0) is 11.0 Å². The number of hydrogen-bond donors (Lipinski definition) is 2. The third-order valence-corrected chi connectivity index (χ3v) is 3.83. The van der Waals surface area contributed by atoms with Gasteiger partial charge in [0.1, 0.15) is 0 Å². The van der Waals surface area contributed by atoms with Crippen LogP contribution in [0.3, 0.4) is 0 Å². The third-order valence-electron chi connectivity index (χ3n) is 3.04. The lowest BCUT2D eigenvalue weighted by atomic mass is 10.2. The summed E-state index contributed by atoms with van der Waals surface area (Å²) in [7, 11) is 0. The predicted octanol–water partition coefficient (Wildman–Crippen LogP) is 5.07. The van der Waals surface area contributed by atoms with Gasteiger partial charge in [0.2, 0.25) is 5.91 Å². The normalized spacial score (nSPS) is 11.4. The maximum absolute atomic E-state index is 12.5. The molecule has 2 N–H and O–H groups in total. The van der Waals surface area contributed by atoms with Crippen molar-refractivity contribution in [3.05, 3.63) is 54.1 Å². The summed E-state index contributed by atoms with van der Waals surface area (Å²) in [5.41, 5.74) is -0.217. The van der Waals surface area contributed by atoms with E-state index in [0.29, 0.717) is 17.4 Å². The first kappa shape index (κ1) is 19.0. The predicted molar refractivity (Wildman–Crippen MR) is 86.9 cm³/mol. The Morgan fingerprint density at radius 1 is 1.04 bits per heavy atom. The molecule has 0 radical (unpaired) electrons. The van der Waals surface area contributed by atoms with Crippen molar-refractivity contribution in [2.24, 2.45) is 0 Å². The Morgan fingerprint density at radius 3 is 2.28 bits per heavy atom. The fraction of sp³-hybridized carbons (Fsp3) is 0.188. The van der Waals surface area contributed by atoms with Crippen molar-refractivity contribution in [3.8, 4) is 0 Å². The Labute approximate surface area is 144 Å². The van der Waals surface area contributed by atoms with Crippen LogP contribution in [0.5, 0.6) is 0 Å². The van der Waals surface area contributed by atoms with Crippen LogP contribution >= 0.6 is 11.8 Å². The van der Waals surface area contributed by atoms with E-state index in [4.69, 9.17) is 0 Å². The molecule has 134 valence electrons. The molecule has 1 amide bonds. The number of nitrogens with one attached hydrogen (secondary N) is 2. The van der Waals surface area contributed by atoms with Gasteiger partial charge >= 0.3 is 6.18 Å². The van der Waals surface area contributed by atoms with Gasteiger partial charge in [-0.2, -0.15) is 22.0 Å². The van der Waals surface area contributed by atoms with Gasteiger partial charge in [0, 0.05) is 10.6 Å². The number of rotatable bonds is 6. The van der Waals surface area contributed by atoms with Crippen molar-refractivity contribution in [1.82, 2.24) is 0 Å². The zero-order valence-corrected chi connectivity index (χ0v) is 13.4. The van der Waals surface area contributed by atoms with Crippen LogP contribution in [-0.4, -0.2) is 18.2 Å². The van der Waals surface area contributed by atoms with Crippen LogP contribution in [0.1, 0.15) is 5.56 Å². The highest BCUT2D eigenvalue weighted by atomic mass is 32.2. The highest BCUT2D eigenvalue weighted by Gasteiger charge is 2.29. The smallest absolute Gasteiger partial charge is 0.376 e. The van der Waals surface area contributed by atoms with E-state index in [9.17, 15) is 26.7 Å². The zero-order chi connectivity index (χ0) is 18.4. The van der Waals surface area contributed by atoms with Crippen molar-refractivity contribution in [2.75, 3.05) is 17.2 Å². The van der Waals surface area contributed by atoms with Gasteiger partial charge in [-0.25, -0.2) is 0 Å². The van der Waals surface area contributed by atoms with Gasteiger partial charge in [0.15, 0.2) is 0 Å². The number of carbonyl (C=O) groups excluding carboxylic acids is 1. The molecule has 0 aliphatic heterocycles. The van der Waals surface area contributed by atoms with Crippen molar-refractivity contribution in [1.29, 1.82) is 0 Å². The Morgan fingerprint density at radius 2 is 1.68 bits per heavy atom. The Bertz CT molecular complexity index is 719. The number of thioether (sulfide) groups is 1. The number of amides is 1. The van der Waals surface area contributed by atoms with Gasteiger partial charge in [0.05, 0.1) is 17.8 Å². The Kier molecular flexibility index (Phi) is 6.24. The maximum Gasteiger partial charge on any atom is 0.416 e. The second-order valence-corrected chi connectivity index (χ2v) is 5.88. The van der Waals surface area contributed by atoms with Crippen LogP contribution in [0.4, 0.5) is 33.3 Å². The molecule has 0 heterocycles. The van der Waals surface area contributed by atoms with Gasteiger partial charge in [-0.15, -0.1) is 0 Å². The van der Waals surface area contributed by atoms with E-state index in [1.165, 1.54) is 24.3 Å². The highest BCUT2D eigenvalue weighted by molar-refractivity contribution is 7.99. The zero-order valence-electron chi connectivity index (χ0n) is 12.6. The molecule has 0 fully saturated rings. The summed E-state index contributed by atoms with van der Waals surface area (Å²) in [5.74, 6) is -3.13. The summed E-state index contributed by atoms with van der Waals surface area (Å²) in [5, 5.41) is 5.16. The lowest BCUT2D eigenvalue weighted by molar-refractivity contribution is -0.137. The SMILES string of the molecule is O=C(CNc1ccc(C(F)(F)F)cc1)Nc1ccccc1SC(F)F. The van der Waals surface area contributed by atoms with Crippen molar-refractivity contribution < 1.29 is 26.7 Å². The average molecular weight is 376 g/mol. The standard InChI is InChI=1S/C16H13F5N2OS/c17-15(18)25-13-4-2-1-3-12(13)23-14(24)9-22-11-7-5-10(6-8-11)16(19,20)21/h1-8,15,22H,9H2,(H,23,24). The number of alkyl halides is 5. The van der Waals surface area contributed by atoms with Crippen LogP contribution in [0, 0.1) is 0 Å². The molecular formula is C16H13F5N2OS. The molecule has 9 heteroatoms. The fourth-order valence-corrected chi connectivity index (χ4v) is 2.52. The molecular weight excluding hydrogens is 363 g/mol. The van der Waals surface area contributed by atoms with E-state index >= 15 is 0 Å². The van der Waals surface area contributed by atoms with Crippen LogP contribution in [0.15, 0.2) is 53.4 Å². The average Bonchev–Trinajstić information content (AvgIpc) is 2.54. The minimum atomic E-state index is -4.43. The van der Waals surface area contributed by atoms with E-state index in [1.54, 1.807) is 12.1 Å². The lowest BCUT2D eigenvalue weighted by Crippen LogP contribution is -2.22. The van der Waals surface area contributed by atoms with Gasteiger partial charge < -0.3 is 10.6 Å². The Balaban J connectivity index is 1.93. The quantitative estimate of drug-likeness (QED) is 0.546. The van der Waals surface area contributed by atoms with Crippen LogP contribution < -0.4 is 10.6 Å². The molecule has 0 bridgehead atoms. The molecule has 25 heavy (non-hydrogen) atoms. The molecule has 0 saturated carbocycles. The van der Waals surface area contributed by atoms with E-state index in [1.807, 2.05) is 0 Å². The van der Waals surface area contributed by atoms with Gasteiger partial charge in [-0.05, 0) is 36.4 Å². The minimum absolute atomic E-state index is 0.223. The second kappa shape index (κ2) is 8.19. The van der Waals surface area contributed by atoms with E-state index in [0.717, 1.165) is 12.1 Å². The summed E-state index contributed by atoms with van der Waals surface area (Å²) in [4.78, 5) is 12.1. The maximum atomic E-state index is 12.5. The first-order valence-electron chi connectivity index (χ1n) is 7.00. The van der Waals surface area contributed by atoms with Crippen molar-refractivity contribution >= 4 is 29.0 Å². The summed E-state index contributed by atoms with van der Waals surface area (Å²) >= 11 is 0.310. The van der Waals surface area contributed by atoms with E-state index < -0.39 is 23.4 Å². The molecule has 0 aliphatic carbocycles. The number of halogens is 5. The van der Waals surface area contributed by atoms with Crippen LogP contribution in [0.25, 0.3) is 0 Å². The molecule has 0 aromatic heterocycles. The number of hydrogen-bond acceptors (Lipinski definition) is 3. The lowest BCUT2D eigenvalue weighted by Gasteiger charge is -2.12. The summed E-state index contributed by atoms with van der Waals surface area (Å²) in [6, 6.07) is 10.3. The molecule has 2 aromatic rings. The molecule has 0 aliphatic rings. The van der Waals surface area contributed by atoms with Gasteiger partial charge in [0.25, 0.3) is 5.76 Å². The summed E-state index contributed by atoms with van der Waals surface area (Å²) < 4.78 is 62.4. The van der Waals surface area contributed by atoms with Gasteiger partial charge in [-0.3, -0.25) is 4.79 Å². The number of benzene rings is 2. The van der Waals surface area contributed by atoms with E-state index in [2.05, 4.69) is 10.6 Å². The summed E-state index contributed by atoms with van der Waals surface area (Å²) in [6.07, 6.45) is -4.43. The molecule has 2 rings (SSSR count). The first-order valence-corrected chi connectivity index (χ1v) is 7.88. The topological polar surface area (TPSA) is 41.1 Å². The Hall–Kier alpha value is -2.29. The minimum Gasteiger partial charge on any atom is -0.376 e. The largest absolute Gasteiger partial charge is 0.416 e. The molecule has 0 atom stereocenters. The van der Waals surface area contributed by atoms with Crippen molar-refractivity contribution in [2.45, 2.75) is 16.8 Å². The number of para-hydroxylation sites is 1. The molecule has 3 nitrogen and oxygen atoms in total. The molecule has 0 saturated heterocycles. The van der Waals surface area contributed by atoms with E-state index in [-0.39, 0.29) is 17.1 Å². The third kappa shape index (κ3) is 5.93. The van der Waals surface area contributed by atoms with Gasteiger partial charge in [-0.1, -0.05) is 23.9 Å². The monoisotopic (exact) mass is 376 g/mol. The molecule has 0 spiro atoms. The first-order chi connectivity index (χ1) is 11.8. The number of carbonyl (C=O) groups is 1.